The van der Waals surface area contributed by atoms with Crippen molar-refractivity contribution in [2.75, 3.05) is 13.7 Å². The molecular weight excluding hydrogens is 362 g/mol. The second kappa shape index (κ2) is 8.61. The molecule has 0 aliphatic rings. The second-order valence-electron chi connectivity index (χ2n) is 6.84. The van der Waals surface area contributed by atoms with Crippen LogP contribution in [0.1, 0.15) is 22.7 Å². The summed E-state index contributed by atoms with van der Waals surface area (Å²) in [6.45, 7) is 0.515. The highest BCUT2D eigenvalue weighted by Gasteiger charge is 2.22. The standard InChI is InChI=1S/C24H23N3O2/c1-29-21-13-8-16-27-17-20(26-23(21)27)14-15-25-24(28)22(18-9-4-2-5-10-18)19-11-6-3-7-12-19/h2-13,16-17,22H,14-15H2,1H3,(H,25,28). The molecule has 0 unspecified atom stereocenters. The van der Waals surface area contributed by atoms with Gasteiger partial charge in [0.2, 0.25) is 5.91 Å². The van der Waals surface area contributed by atoms with E-state index in [4.69, 9.17) is 4.74 Å². The summed E-state index contributed by atoms with van der Waals surface area (Å²) in [6, 6.07) is 23.5. The predicted octanol–water partition coefficient (Wildman–Crippen LogP) is 3.83. The summed E-state index contributed by atoms with van der Waals surface area (Å²) in [4.78, 5) is 17.7. The molecule has 2 heterocycles. The van der Waals surface area contributed by atoms with E-state index in [-0.39, 0.29) is 11.8 Å². The summed E-state index contributed by atoms with van der Waals surface area (Å²) in [5, 5.41) is 3.08. The number of hydrogen-bond acceptors (Lipinski definition) is 3. The Bertz CT molecular complexity index is 1050. The number of nitrogens with zero attached hydrogens (tertiary/aromatic N) is 2. The SMILES string of the molecule is COc1cccn2cc(CCNC(=O)C(c3ccccc3)c3ccccc3)nc12. The highest BCUT2D eigenvalue weighted by Crippen LogP contribution is 2.24. The van der Waals surface area contributed by atoms with Gasteiger partial charge in [-0.1, -0.05) is 60.7 Å². The van der Waals surface area contributed by atoms with Gasteiger partial charge in [0.05, 0.1) is 18.7 Å². The molecule has 4 rings (SSSR count). The van der Waals surface area contributed by atoms with E-state index in [2.05, 4.69) is 10.3 Å². The van der Waals surface area contributed by atoms with Gasteiger partial charge in [-0.15, -0.1) is 0 Å². The molecule has 1 amide bonds. The molecule has 0 saturated heterocycles. The van der Waals surface area contributed by atoms with Crippen LogP contribution in [0.5, 0.6) is 5.75 Å². The van der Waals surface area contributed by atoms with Crippen LogP contribution in [0, 0.1) is 0 Å². The first-order valence-corrected chi connectivity index (χ1v) is 9.64. The lowest BCUT2D eigenvalue weighted by Gasteiger charge is -2.17. The average Bonchev–Trinajstić information content (AvgIpc) is 3.18. The molecule has 146 valence electrons. The summed E-state index contributed by atoms with van der Waals surface area (Å²) in [7, 11) is 1.64. The monoisotopic (exact) mass is 385 g/mol. The summed E-state index contributed by atoms with van der Waals surface area (Å²) in [5.41, 5.74) is 3.65. The van der Waals surface area contributed by atoms with Crippen molar-refractivity contribution in [1.29, 1.82) is 0 Å². The fraction of sp³-hybridized carbons (Fsp3) is 0.167. The Hall–Kier alpha value is -3.60. The minimum atomic E-state index is -0.335. The van der Waals surface area contributed by atoms with E-state index in [1.54, 1.807) is 7.11 Å². The zero-order valence-corrected chi connectivity index (χ0v) is 16.3. The molecule has 5 nitrogen and oxygen atoms in total. The van der Waals surface area contributed by atoms with E-state index in [1.165, 1.54) is 0 Å². The number of fused-ring (bicyclic) bond motifs is 1. The van der Waals surface area contributed by atoms with E-state index in [9.17, 15) is 4.79 Å². The van der Waals surface area contributed by atoms with E-state index < -0.39 is 0 Å². The zero-order chi connectivity index (χ0) is 20.1. The molecule has 0 saturated carbocycles. The predicted molar refractivity (Wildman–Crippen MR) is 113 cm³/mol. The number of imidazole rings is 1. The Morgan fingerprint density at radius 2 is 1.66 bits per heavy atom. The Labute approximate surface area is 170 Å². The number of carbonyl (C=O) groups is 1. The van der Waals surface area contributed by atoms with Gasteiger partial charge in [-0.3, -0.25) is 4.79 Å². The van der Waals surface area contributed by atoms with E-state index >= 15 is 0 Å². The molecule has 0 radical (unpaired) electrons. The van der Waals surface area contributed by atoms with Gasteiger partial charge in [0.1, 0.15) is 0 Å². The third kappa shape index (κ3) is 4.14. The third-order valence-corrected chi connectivity index (χ3v) is 4.93. The van der Waals surface area contributed by atoms with Gasteiger partial charge in [0.15, 0.2) is 11.4 Å². The lowest BCUT2D eigenvalue weighted by molar-refractivity contribution is -0.121. The summed E-state index contributed by atoms with van der Waals surface area (Å²) >= 11 is 0. The minimum Gasteiger partial charge on any atom is -0.493 e. The molecule has 1 N–H and O–H groups in total. The fourth-order valence-corrected chi connectivity index (χ4v) is 3.52. The molecule has 29 heavy (non-hydrogen) atoms. The van der Waals surface area contributed by atoms with E-state index in [0.717, 1.165) is 28.2 Å². The van der Waals surface area contributed by atoms with Crippen LogP contribution in [0.3, 0.4) is 0 Å². The second-order valence-corrected chi connectivity index (χ2v) is 6.84. The maximum absolute atomic E-state index is 13.1. The molecule has 4 aromatic rings. The van der Waals surface area contributed by atoms with Crippen molar-refractivity contribution in [2.24, 2.45) is 0 Å². The Kier molecular flexibility index (Phi) is 5.56. The van der Waals surface area contributed by atoms with Crippen LogP contribution in [0.25, 0.3) is 5.65 Å². The molecule has 5 heteroatoms. The summed E-state index contributed by atoms with van der Waals surface area (Å²) in [6.07, 6.45) is 4.55. The minimum absolute atomic E-state index is 0.0104. The van der Waals surface area contributed by atoms with Crippen molar-refractivity contribution < 1.29 is 9.53 Å². The van der Waals surface area contributed by atoms with Crippen LogP contribution in [-0.2, 0) is 11.2 Å². The average molecular weight is 385 g/mol. The fourth-order valence-electron chi connectivity index (χ4n) is 3.52. The summed E-state index contributed by atoms with van der Waals surface area (Å²) < 4.78 is 7.30. The lowest BCUT2D eigenvalue weighted by Crippen LogP contribution is -2.31. The first-order valence-electron chi connectivity index (χ1n) is 9.64. The maximum atomic E-state index is 13.1. The zero-order valence-electron chi connectivity index (χ0n) is 16.3. The molecule has 2 aromatic heterocycles. The quantitative estimate of drug-likeness (QED) is 0.526. The van der Waals surface area contributed by atoms with Crippen molar-refractivity contribution >= 4 is 11.6 Å². The molecule has 2 aromatic carbocycles. The molecule has 0 atom stereocenters. The number of carbonyl (C=O) groups excluding carboxylic acids is 1. The van der Waals surface area contributed by atoms with Gasteiger partial charge in [0.25, 0.3) is 0 Å². The Morgan fingerprint density at radius 1 is 1.00 bits per heavy atom. The van der Waals surface area contributed by atoms with Crippen molar-refractivity contribution in [3.8, 4) is 5.75 Å². The molecule has 0 bridgehead atoms. The first-order chi connectivity index (χ1) is 14.3. The number of amides is 1. The largest absolute Gasteiger partial charge is 0.493 e. The lowest BCUT2D eigenvalue weighted by atomic mass is 9.90. The van der Waals surface area contributed by atoms with Gasteiger partial charge >= 0.3 is 0 Å². The van der Waals surface area contributed by atoms with Gasteiger partial charge in [-0.25, -0.2) is 4.98 Å². The molecule has 0 aliphatic carbocycles. The number of ether oxygens (including phenoxy) is 1. The van der Waals surface area contributed by atoms with Crippen LogP contribution in [-0.4, -0.2) is 28.9 Å². The van der Waals surface area contributed by atoms with Crippen molar-refractivity contribution in [2.45, 2.75) is 12.3 Å². The topological polar surface area (TPSA) is 55.6 Å². The number of nitrogens with one attached hydrogen (secondary N) is 1. The highest BCUT2D eigenvalue weighted by atomic mass is 16.5. The van der Waals surface area contributed by atoms with Crippen LogP contribution in [0.15, 0.2) is 85.2 Å². The molecular formula is C24H23N3O2. The Morgan fingerprint density at radius 3 is 2.28 bits per heavy atom. The van der Waals surface area contributed by atoms with Gasteiger partial charge in [-0.05, 0) is 23.3 Å². The van der Waals surface area contributed by atoms with Gasteiger partial charge in [0, 0.05) is 25.4 Å². The smallest absolute Gasteiger partial charge is 0.232 e. The number of rotatable bonds is 7. The molecule has 0 fully saturated rings. The van der Waals surface area contributed by atoms with E-state index in [1.807, 2.05) is 89.6 Å². The van der Waals surface area contributed by atoms with Crippen molar-refractivity contribution in [1.82, 2.24) is 14.7 Å². The number of benzene rings is 2. The molecule has 0 aliphatic heterocycles. The van der Waals surface area contributed by atoms with Crippen LogP contribution in [0.4, 0.5) is 0 Å². The van der Waals surface area contributed by atoms with Crippen LogP contribution < -0.4 is 10.1 Å². The van der Waals surface area contributed by atoms with Crippen molar-refractivity contribution in [3.05, 3.63) is 102 Å². The number of hydrogen-bond donors (Lipinski definition) is 1. The number of pyridine rings is 1. The third-order valence-electron chi connectivity index (χ3n) is 4.93. The summed E-state index contributed by atoms with van der Waals surface area (Å²) in [5.74, 6) is 0.387. The van der Waals surface area contributed by atoms with E-state index in [0.29, 0.717) is 13.0 Å². The number of methoxy groups -OCH3 is 1. The normalized spacial score (nSPS) is 11.0. The maximum Gasteiger partial charge on any atom is 0.232 e. The van der Waals surface area contributed by atoms with Gasteiger partial charge < -0.3 is 14.5 Å². The van der Waals surface area contributed by atoms with Gasteiger partial charge in [-0.2, -0.15) is 0 Å². The van der Waals surface area contributed by atoms with Crippen LogP contribution >= 0.6 is 0 Å². The Balaban J connectivity index is 1.47. The molecule has 0 spiro atoms. The van der Waals surface area contributed by atoms with Crippen molar-refractivity contribution in [3.63, 3.8) is 0 Å². The van der Waals surface area contributed by atoms with Crippen LogP contribution in [0.2, 0.25) is 0 Å². The number of aromatic nitrogens is 2. The first kappa shape index (κ1) is 18.7. The highest BCUT2D eigenvalue weighted by molar-refractivity contribution is 5.87.